The molecule has 26 heavy (non-hydrogen) atoms. The van der Waals surface area contributed by atoms with Gasteiger partial charge in [-0.2, -0.15) is 0 Å². The molecule has 0 aromatic heterocycles. The summed E-state index contributed by atoms with van der Waals surface area (Å²) in [6, 6.07) is 13.8. The molecule has 0 unspecified atom stereocenters. The molecule has 2 aromatic rings. The first kappa shape index (κ1) is 19.5. The van der Waals surface area contributed by atoms with E-state index in [2.05, 4.69) is 43.7 Å². The van der Waals surface area contributed by atoms with Gasteiger partial charge in [-0.05, 0) is 23.8 Å². The van der Waals surface area contributed by atoms with Crippen molar-refractivity contribution < 1.29 is 19.2 Å². The van der Waals surface area contributed by atoms with E-state index < -0.39 is 0 Å². The zero-order chi connectivity index (χ0) is 18.9. The Balaban J connectivity index is 1.91. The summed E-state index contributed by atoms with van der Waals surface area (Å²) in [5.74, 6) is 1.22. The molecular weight excluding hydrogens is 328 g/mol. The summed E-state index contributed by atoms with van der Waals surface area (Å²) in [6.45, 7) is 1.48. The van der Waals surface area contributed by atoms with Gasteiger partial charge in [0.2, 0.25) is 5.91 Å². The Labute approximate surface area is 155 Å². The molecule has 1 amide bonds. The van der Waals surface area contributed by atoms with Gasteiger partial charge in [0.15, 0.2) is 0 Å². The van der Waals surface area contributed by atoms with Gasteiger partial charge in [0.05, 0.1) is 28.3 Å². The minimum Gasteiger partial charge on any atom is -0.497 e. The van der Waals surface area contributed by atoms with Gasteiger partial charge < -0.3 is 19.7 Å². The standard InChI is InChI=1S/C21H26N2O3/c1-23(2)15-17-7-5-16(6-8-17)14-22-21(24)12-10-18-9-11-19(25-3)13-20(18)26-4/h5-13H,14-15H2,1-4H3,(H,22,24)/p+1/b12-10+. The summed E-state index contributed by atoms with van der Waals surface area (Å²) in [4.78, 5) is 13.4. The Morgan fingerprint density at radius 1 is 1.04 bits per heavy atom. The van der Waals surface area contributed by atoms with Crippen molar-refractivity contribution in [3.05, 3.63) is 65.2 Å². The first-order valence-electron chi connectivity index (χ1n) is 8.56. The Morgan fingerprint density at radius 3 is 2.35 bits per heavy atom. The number of ether oxygens (including phenoxy) is 2. The number of rotatable bonds is 8. The Morgan fingerprint density at radius 2 is 1.73 bits per heavy atom. The van der Waals surface area contributed by atoms with Gasteiger partial charge >= 0.3 is 0 Å². The van der Waals surface area contributed by atoms with Crippen molar-refractivity contribution in [2.75, 3.05) is 28.3 Å². The number of amides is 1. The lowest BCUT2D eigenvalue weighted by molar-refractivity contribution is -0.872. The fourth-order valence-corrected chi connectivity index (χ4v) is 2.55. The van der Waals surface area contributed by atoms with Crippen LogP contribution in [0.25, 0.3) is 6.08 Å². The van der Waals surface area contributed by atoms with Gasteiger partial charge in [-0.3, -0.25) is 4.79 Å². The highest BCUT2D eigenvalue weighted by atomic mass is 16.5. The van der Waals surface area contributed by atoms with Gasteiger partial charge in [-0.15, -0.1) is 0 Å². The molecule has 0 heterocycles. The van der Waals surface area contributed by atoms with Crippen molar-refractivity contribution >= 4 is 12.0 Å². The number of quaternary nitrogens is 1. The molecule has 2 N–H and O–H groups in total. The van der Waals surface area contributed by atoms with Gasteiger partial charge in [-0.25, -0.2) is 0 Å². The van der Waals surface area contributed by atoms with Crippen LogP contribution in [0, 0.1) is 0 Å². The van der Waals surface area contributed by atoms with Gasteiger partial charge in [0.1, 0.15) is 18.0 Å². The van der Waals surface area contributed by atoms with Crippen molar-refractivity contribution in [2.24, 2.45) is 0 Å². The summed E-state index contributed by atoms with van der Waals surface area (Å²) >= 11 is 0. The lowest BCUT2D eigenvalue weighted by Crippen LogP contribution is -3.04. The number of carbonyl (C=O) groups is 1. The minimum atomic E-state index is -0.148. The van der Waals surface area contributed by atoms with E-state index in [1.165, 1.54) is 16.5 Å². The summed E-state index contributed by atoms with van der Waals surface area (Å²) < 4.78 is 10.5. The molecule has 2 aromatic carbocycles. The Kier molecular flexibility index (Phi) is 7.24. The van der Waals surface area contributed by atoms with E-state index >= 15 is 0 Å². The van der Waals surface area contributed by atoms with E-state index in [0.717, 1.165) is 17.7 Å². The van der Waals surface area contributed by atoms with Gasteiger partial charge in [0.25, 0.3) is 0 Å². The molecule has 0 aliphatic rings. The summed E-state index contributed by atoms with van der Waals surface area (Å²) in [6.07, 6.45) is 3.24. The quantitative estimate of drug-likeness (QED) is 0.709. The molecule has 0 aliphatic heterocycles. The number of hydrogen-bond donors (Lipinski definition) is 2. The normalized spacial score (nSPS) is 11.0. The van der Waals surface area contributed by atoms with E-state index in [-0.39, 0.29) is 5.91 Å². The second-order valence-corrected chi connectivity index (χ2v) is 6.36. The second kappa shape index (κ2) is 9.63. The molecule has 2 rings (SSSR count). The minimum absolute atomic E-state index is 0.148. The van der Waals surface area contributed by atoms with E-state index in [1.54, 1.807) is 26.4 Å². The van der Waals surface area contributed by atoms with Gasteiger partial charge in [0, 0.05) is 29.8 Å². The zero-order valence-electron chi connectivity index (χ0n) is 15.8. The Hall–Kier alpha value is -2.79. The first-order chi connectivity index (χ1) is 12.5. The summed E-state index contributed by atoms with van der Waals surface area (Å²) in [7, 11) is 7.44. The third-order valence-electron chi connectivity index (χ3n) is 3.90. The van der Waals surface area contributed by atoms with Crippen molar-refractivity contribution in [3.63, 3.8) is 0 Å². The molecular formula is C21H27N2O3+. The largest absolute Gasteiger partial charge is 0.497 e. The Bertz CT molecular complexity index is 752. The van der Waals surface area contributed by atoms with E-state index in [1.807, 2.05) is 12.1 Å². The highest BCUT2D eigenvalue weighted by Gasteiger charge is 2.04. The highest BCUT2D eigenvalue weighted by Crippen LogP contribution is 2.25. The fourth-order valence-electron chi connectivity index (χ4n) is 2.55. The number of benzene rings is 2. The monoisotopic (exact) mass is 355 g/mol. The molecule has 5 nitrogen and oxygen atoms in total. The number of nitrogens with one attached hydrogen (secondary N) is 2. The topological polar surface area (TPSA) is 52.0 Å². The molecule has 0 spiro atoms. The maximum atomic E-state index is 12.1. The van der Waals surface area contributed by atoms with E-state index in [0.29, 0.717) is 18.0 Å². The van der Waals surface area contributed by atoms with Crippen LogP contribution in [0.5, 0.6) is 11.5 Å². The predicted octanol–water partition coefficient (Wildman–Crippen LogP) is 1.68. The molecule has 0 radical (unpaired) electrons. The SMILES string of the molecule is COc1ccc(/C=C/C(=O)NCc2ccc(C[NH+](C)C)cc2)c(OC)c1. The van der Waals surface area contributed by atoms with Crippen molar-refractivity contribution in [1.29, 1.82) is 0 Å². The summed E-state index contributed by atoms with van der Waals surface area (Å²) in [5.41, 5.74) is 3.18. The van der Waals surface area contributed by atoms with Crippen LogP contribution in [0.4, 0.5) is 0 Å². The molecule has 0 saturated carbocycles. The smallest absolute Gasteiger partial charge is 0.244 e. The van der Waals surface area contributed by atoms with E-state index in [9.17, 15) is 4.79 Å². The van der Waals surface area contributed by atoms with Crippen molar-refractivity contribution in [3.8, 4) is 11.5 Å². The second-order valence-electron chi connectivity index (χ2n) is 6.36. The van der Waals surface area contributed by atoms with E-state index in [4.69, 9.17) is 9.47 Å². The van der Waals surface area contributed by atoms with Crippen LogP contribution >= 0.6 is 0 Å². The maximum absolute atomic E-state index is 12.1. The molecule has 138 valence electrons. The van der Waals surface area contributed by atoms with Crippen LogP contribution in [-0.2, 0) is 17.9 Å². The van der Waals surface area contributed by atoms with Crippen molar-refractivity contribution in [2.45, 2.75) is 13.1 Å². The molecule has 5 heteroatoms. The lowest BCUT2D eigenvalue weighted by atomic mass is 10.1. The number of carbonyl (C=O) groups excluding carboxylic acids is 1. The van der Waals surface area contributed by atoms with Crippen LogP contribution in [0.2, 0.25) is 0 Å². The van der Waals surface area contributed by atoms with Crippen LogP contribution in [0.15, 0.2) is 48.5 Å². The maximum Gasteiger partial charge on any atom is 0.244 e. The zero-order valence-corrected chi connectivity index (χ0v) is 15.8. The van der Waals surface area contributed by atoms with Gasteiger partial charge in [-0.1, -0.05) is 24.3 Å². The fraction of sp³-hybridized carbons (Fsp3) is 0.286. The average molecular weight is 355 g/mol. The van der Waals surface area contributed by atoms with Crippen LogP contribution in [0.1, 0.15) is 16.7 Å². The van der Waals surface area contributed by atoms with Crippen LogP contribution in [-0.4, -0.2) is 34.2 Å². The van der Waals surface area contributed by atoms with Crippen LogP contribution < -0.4 is 19.7 Å². The number of methoxy groups -OCH3 is 2. The molecule has 0 fully saturated rings. The molecule has 0 aliphatic carbocycles. The summed E-state index contributed by atoms with van der Waals surface area (Å²) in [5, 5.41) is 2.89. The molecule has 0 saturated heterocycles. The third-order valence-corrected chi connectivity index (χ3v) is 3.90. The predicted molar refractivity (Wildman–Crippen MR) is 103 cm³/mol. The van der Waals surface area contributed by atoms with Crippen molar-refractivity contribution in [1.82, 2.24) is 5.32 Å². The first-order valence-corrected chi connectivity index (χ1v) is 8.56. The third kappa shape index (κ3) is 5.93. The number of hydrogen-bond acceptors (Lipinski definition) is 3. The van der Waals surface area contributed by atoms with Crippen LogP contribution in [0.3, 0.4) is 0 Å². The molecule has 0 bridgehead atoms. The lowest BCUT2D eigenvalue weighted by Gasteiger charge is -2.08. The highest BCUT2D eigenvalue weighted by molar-refractivity contribution is 5.92. The average Bonchev–Trinajstić information content (AvgIpc) is 2.65. The molecule has 0 atom stereocenters.